The summed E-state index contributed by atoms with van der Waals surface area (Å²) in [7, 11) is 0. The van der Waals surface area contributed by atoms with Crippen LogP contribution >= 0.6 is 0 Å². The van der Waals surface area contributed by atoms with Crippen molar-refractivity contribution in [2.45, 2.75) is 44.9 Å². The van der Waals surface area contributed by atoms with E-state index in [0.29, 0.717) is 19.3 Å². The maximum absolute atomic E-state index is 12.4. The van der Waals surface area contributed by atoms with Gasteiger partial charge in [-0.1, -0.05) is 0 Å². The number of rotatable bonds is 5. The van der Waals surface area contributed by atoms with Gasteiger partial charge in [-0.05, 0) is 37.3 Å². The monoisotopic (exact) mass is 329 g/mol. The second-order valence-electron chi connectivity index (χ2n) is 6.62. The third-order valence-corrected chi connectivity index (χ3v) is 4.80. The third kappa shape index (κ3) is 3.99. The molecule has 0 spiro atoms. The number of piperidine rings is 2. The van der Waals surface area contributed by atoms with Crippen molar-refractivity contribution in [2.24, 2.45) is 5.92 Å². The molecule has 0 aliphatic carbocycles. The molecule has 0 radical (unpaired) electrons. The van der Waals surface area contributed by atoms with Crippen molar-refractivity contribution < 1.29 is 14.4 Å². The summed E-state index contributed by atoms with van der Waals surface area (Å²) < 4.78 is 0. The molecule has 1 aromatic rings. The van der Waals surface area contributed by atoms with E-state index in [2.05, 4.69) is 15.2 Å². The molecule has 2 aliphatic rings. The van der Waals surface area contributed by atoms with Crippen molar-refractivity contribution in [1.82, 2.24) is 10.3 Å². The lowest BCUT2D eigenvalue weighted by Gasteiger charge is -2.30. The molecule has 1 atom stereocenters. The second kappa shape index (κ2) is 7.55. The van der Waals surface area contributed by atoms with Crippen LogP contribution in [-0.4, -0.2) is 35.7 Å². The Morgan fingerprint density at radius 2 is 2.04 bits per heavy atom. The van der Waals surface area contributed by atoms with Crippen LogP contribution in [0.2, 0.25) is 0 Å². The van der Waals surface area contributed by atoms with Gasteiger partial charge < -0.3 is 4.90 Å². The van der Waals surface area contributed by atoms with Crippen molar-refractivity contribution in [3.8, 4) is 0 Å². The van der Waals surface area contributed by atoms with Gasteiger partial charge in [0.05, 0.1) is 11.9 Å². The molecule has 128 valence electrons. The van der Waals surface area contributed by atoms with E-state index in [4.69, 9.17) is 0 Å². The van der Waals surface area contributed by atoms with Gasteiger partial charge in [0.1, 0.15) is 5.78 Å². The first-order valence-electron chi connectivity index (χ1n) is 8.66. The van der Waals surface area contributed by atoms with Gasteiger partial charge in [0.25, 0.3) is 0 Å². The van der Waals surface area contributed by atoms with Crippen LogP contribution in [0, 0.1) is 5.92 Å². The zero-order valence-corrected chi connectivity index (χ0v) is 13.8. The average molecular weight is 329 g/mol. The summed E-state index contributed by atoms with van der Waals surface area (Å²) in [5, 5.41) is 2.31. The molecule has 3 rings (SSSR count). The van der Waals surface area contributed by atoms with Crippen LogP contribution in [0.5, 0.6) is 0 Å². The standard InChI is InChI=1S/C18H23N3O3/c22-15(11-14-4-5-17(23)20-18(14)24)10-13-6-7-19-12-16(13)21-8-2-1-3-9-21/h6-7,12,14H,1-5,8-11H2,(H,20,23,24). The van der Waals surface area contributed by atoms with E-state index >= 15 is 0 Å². The number of Topliss-reactive ketones (excluding diaryl/α,β-unsaturated/α-hetero) is 1. The summed E-state index contributed by atoms with van der Waals surface area (Å²) in [5.41, 5.74) is 2.01. The highest BCUT2D eigenvalue weighted by atomic mass is 16.2. The minimum atomic E-state index is -0.379. The SMILES string of the molecule is O=C(Cc1ccncc1N1CCCCC1)CC1CCC(=O)NC1=O. The summed E-state index contributed by atoms with van der Waals surface area (Å²) in [4.78, 5) is 41.9. The maximum atomic E-state index is 12.4. The highest BCUT2D eigenvalue weighted by Crippen LogP contribution is 2.25. The molecule has 0 saturated carbocycles. The van der Waals surface area contributed by atoms with Crippen LogP contribution in [0.25, 0.3) is 0 Å². The lowest BCUT2D eigenvalue weighted by atomic mass is 9.91. The van der Waals surface area contributed by atoms with Gasteiger partial charge in [0.2, 0.25) is 11.8 Å². The number of nitrogens with one attached hydrogen (secondary N) is 1. The quantitative estimate of drug-likeness (QED) is 0.831. The van der Waals surface area contributed by atoms with Gasteiger partial charge in [0, 0.05) is 44.5 Å². The Labute approximate surface area is 141 Å². The molecule has 24 heavy (non-hydrogen) atoms. The minimum absolute atomic E-state index is 0.0361. The van der Waals surface area contributed by atoms with Crippen molar-refractivity contribution in [2.75, 3.05) is 18.0 Å². The number of amides is 2. The maximum Gasteiger partial charge on any atom is 0.230 e. The number of carbonyl (C=O) groups is 3. The molecular formula is C18H23N3O3. The zero-order valence-electron chi connectivity index (χ0n) is 13.8. The van der Waals surface area contributed by atoms with Crippen LogP contribution in [-0.2, 0) is 20.8 Å². The van der Waals surface area contributed by atoms with E-state index in [1.807, 2.05) is 12.3 Å². The molecule has 1 N–H and O–H groups in total. The summed E-state index contributed by atoms with van der Waals surface area (Å²) in [5.74, 6) is -0.903. The predicted octanol–water partition coefficient (Wildman–Crippen LogP) is 1.63. The molecule has 6 nitrogen and oxygen atoms in total. The normalized spacial score (nSPS) is 21.5. The Morgan fingerprint density at radius 3 is 2.79 bits per heavy atom. The largest absolute Gasteiger partial charge is 0.370 e. The fourth-order valence-corrected chi connectivity index (χ4v) is 3.48. The number of pyridine rings is 1. The molecule has 1 unspecified atom stereocenters. The average Bonchev–Trinajstić information content (AvgIpc) is 2.59. The minimum Gasteiger partial charge on any atom is -0.370 e. The predicted molar refractivity (Wildman–Crippen MR) is 89.5 cm³/mol. The highest BCUT2D eigenvalue weighted by Gasteiger charge is 2.28. The summed E-state index contributed by atoms with van der Waals surface area (Å²) >= 11 is 0. The Hall–Kier alpha value is -2.24. The van der Waals surface area contributed by atoms with Crippen LogP contribution in [0.15, 0.2) is 18.5 Å². The van der Waals surface area contributed by atoms with Gasteiger partial charge >= 0.3 is 0 Å². The smallest absolute Gasteiger partial charge is 0.230 e. The fraction of sp³-hybridized carbons (Fsp3) is 0.556. The molecule has 6 heteroatoms. The molecule has 0 aromatic carbocycles. The number of imide groups is 1. The van der Waals surface area contributed by atoms with Crippen LogP contribution in [0.3, 0.4) is 0 Å². The first-order valence-corrected chi connectivity index (χ1v) is 8.66. The summed E-state index contributed by atoms with van der Waals surface area (Å²) in [6.07, 6.45) is 8.41. The molecule has 2 fully saturated rings. The second-order valence-corrected chi connectivity index (χ2v) is 6.62. The number of ketones is 1. The topological polar surface area (TPSA) is 79.4 Å². The summed E-state index contributed by atoms with van der Waals surface area (Å²) in [6.45, 7) is 2.00. The molecule has 0 bridgehead atoms. The van der Waals surface area contributed by atoms with E-state index in [1.165, 1.54) is 19.3 Å². The van der Waals surface area contributed by atoms with Crippen molar-refractivity contribution in [3.05, 3.63) is 24.0 Å². The van der Waals surface area contributed by atoms with Gasteiger partial charge in [-0.2, -0.15) is 0 Å². The number of anilines is 1. The summed E-state index contributed by atoms with van der Waals surface area (Å²) in [6, 6.07) is 1.90. The number of hydrogen-bond acceptors (Lipinski definition) is 5. The highest BCUT2D eigenvalue weighted by molar-refractivity contribution is 6.00. The van der Waals surface area contributed by atoms with E-state index in [0.717, 1.165) is 24.3 Å². The number of carbonyl (C=O) groups excluding carboxylic acids is 3. The lowest BCUT2D eigenvalue weighted by molar-refractivity contribution is -0.138. The molecule has 3 heterocycles. The van der Waals surface area contributed by atoms with Crippen molar-refractivity contribution in [1.29, 1.82) is 0 Å². The number of nitrogens with zero attached hydrogens (tertiary/aromatic N) is 2. The third-order valence-electron chi connectivity index (χ3n) is 4.80. The Morgan fingerprint density at radius 1 is 1.25 bits per heavy atom. The first kappa shape index (κ1) is 16.6. The molecule has 1 aromatic heterocycles. The van der Waals surface area contributed by atoms with Gasteiger partial charge in [0.15, 0.2) is 0 Å². The fourth-order valence-electron chi connectivity index (χ4n) is 3.48. The van der Waals surface area contributed by atoms with Crippen LogP contribution < -0.4 is 10.2 Å². The van der Waals surface area contributed by atoms with Crippen molar-refractivity contribution in [3.63, 3.8) is 0 Å². The molecule has 2 aliphatic heterocycles. The molecular weight excluding hydrogens is 306 g/mol. The van der Waals surface area contributed by atoms with Gasteiger partial charge in [-0.3, -0.25) is 24.7 Å². The molecule has 2 saturated heterocycles. The van der Waals surface area contributed by atoms with Gasteiger partial charge in [-0.15, -0.1) is 0 Å². The van der Waals surface area contributed by atoms with E-state index in [9.17, 15) is 14.4 Å². The molecule has 2 amide bonds. The van der Waals surface area contributed by atoms with E-state index in [1.54, 1.807) is 6.20 Å². The number of aromatic nitrogens is 1. The van der Waals surface area contributed by atoms with E-state index < -0.39 is 0 Å². The Kier molecular flexibility index (Phi) is 5.23. The number of hydrogen-bond donors (Lipinski definition) is 1. The first-order chi connectivity index (χ1) is 11.6. The zero-order chi connectivity index (χ0) is 16.9. The van der Waals surface area contributed by atoms with E-state index in [-0.39, 0.29) is 29.9 Å². The van der Waals surface area contributed by atoms with Crippen LogP contribution in [0.4, 0.5) is 5.69 Å². The van der Waals surface area contributed by atoms with Gasteiger partial charge in [-0.25, -0.2) is 0 Å². The Balaban J connectivity index is 1.64. The lowest BCUT2D eigenvalue weighted by Crippen LogP contribution is -2.41. The van der Waals surface area contributed by atoms with Crippen LogP contribution in [0.1, 0.15) is 44.1 Å². The Bertz CT molecular complexity index is 638. The van der Waals surface area contributed by atoms with Crippen molar-refractivity contribution >= 4 is 23.3 Å².